The highest BCUT2D eigenvalue weighted by Crippen LogP contribution is 2.36. The van der Waals surface area contributed by atoms with E-state index in [9.17, 15) is 14.7 Å². The van der Waals surface area contributed by atoms with Crippen LogP contribution in [0.3, 0.4) is 0 Å². The van der Waals surface area contributed by atoms with Crippen molar-refractivity contribution in [3.8, 4) is 16.9 Å². The first-order valence-electron chi connectivity index (χ1n) is 9.40. The topological polar surface area (TPSA) is 66.8 Å². The van der Waals surface area contributed by atoms with Gasteiger partial charge >= 0.3 is 5.97 Å². The van der Waals surface area contributed by atoms with Crippen LogP contribution in [0, 0.1) is 0 Å². The maximum absolute atomic E-state index is 12.9. The van der Waals surface area contributed by atoms with Crippen molar-refractivity contribution >= 4 is 17.6 Å². The van der Waals surface area contributed by atoms with Crippen LogP contribution in [-0.4, -0.2) is 24.1 Å². The van der Waals surface area contributed by atoms with E-state index in [0.717, 1.165) is 28.1 Å². The SMILES string of the molecule is COc1ccc(-c2cc(N3Cc4ccccc4C3=O)ccc2C(C)C(=O)O)cc1. The molecule has 1 heterocycles. The number of carboxylic acid groups (broad SMARTS) is 1. The number of methoxy groups -OCH3 is 1. The van der Waals surface area contributed by atoms with Crippen molar-refractivity contribution in [3.05, 3.63) is 83.4 Å². The Morgan fingerprint density at radius 2 is 1.76 bits per heavy atom. The van der Waals surface area contributed by atoms with Gasteiger partial charge in [-0.1, -0.05) is 36.4 Å². The first-order valence-corrected chi connectivity index (χ1v) is 9.40. The molecule has 1 unspecified atom stereocenters. The van der Waals surface area contributed by atoms with Crippen LogP contribution in [0.4, 0.5) is 5.69 Å². The number of hydrogen-bond acceptors (Lipinski definition) is 3. The predicted molar refractivity (Wildman–Crippen MR) is 111 cm³/mol. The third kappa shape index (κ3) is 3.36. The molecule has 1 amide bonds. The van der Waals surface area contributed by atoms with Gasteiger partial charge in [0.25, 0.3) is 5.91 Å². The van der Waals surface area contributed by atoms with Gasteiger partial charge in [-0.25, -0.2) is 0 Å². The predicted octanol–water partition coefficient (Wildman–Crippen LogP) is 4.71. The van der Waals surface area contributed by atoms with Crippen LogP contribution in [0.15, 0.2) is 66.7 Å². The lowest BCUT2D eigenvalue weighted by Crippen LogP contribution is -2.23. The zero-order valence-electron chi connectivity index (χ0n) is 16.3. The summed E-state index contributed by atoms with van der Waals surface area (Å²) in [7, 11) is 1.60. The number of rotatable bonds is 5. The Kier molecular flexibility index (Phi) is 4.80. The van der Waals surface area contributed by atoms with Gasteiger partial charge in [0.2, 0.25) is 0 Å². The molecule has 1 aliphatic heterocycles. The summed E-state index contributed by atoms with van der Waals surface area (Å²) < 4.78 is 5.23. The molecule has 5 heteroatoms. The molecule has 0 aliphatic carbocycles. The molecule has 0 bridgehead atoms. The van der Waals surface area contributed by atoms with Crippen molar-refractivity contribution < 1.29 is 19.4 Å². The Morgan fingerprint density at radius 3 is 2.41 bits per heavy atom. The van der Waals surface area contributed by atoms with Crippen LogP contribution in [-0.2, 0) is 11.3 Å². The highest BCUT2D eigenvalue weighted by atomic mass is 16.5. The standard InChI is InChI=1S/C24H21NO4/c1-15(24(27)28)20-12-9-18(13-22(20)16-7-10-19(29-2)11-8-16)25-14-17-5-3-4-6-21(17)23(25)26/h3-13,15H,14H2,1-2H3,(H,27,28). The molecule has 146 valence electrons. The lowest BCUT2D eigenvalue weighted by Gasteiger charge is -2.20. The smallest absolute Gasteiger partial charge is 0.310 e. The third-order valence-corrected chi connectivity index (χ3v) is 5.41. The van der Waals surface area contributed by atoms with E-state index in [-0.39, 0.29) is 5.91 Å². The lowest BCUT2D eigenvalue weighted by molar-refractivity contribution is -0.138. The Labute approximate surface area is 169 Å². The molecular weight excluding hydrogens is 366 g/mol. The van der Waals surface area contributed by atoms with Crippen molar-refractivity contribution in [2.75, 3.05) is 12.0 Å². The number of ether oxygens (including phenoxy) is 1. The van der Waals surface area contributed by atoms with Crippen molar-refractivity contribution in [1.29, 1.82) is 0 Å². The summed E-state index contributed by atoms with van der Waals surface area (Å²) >= 11 is 0. The Bertz CT molecular complexity index is 1090. The quantitative estimate of drug-likeness (QED) is 0.688. The minimum atomic E-state index is -0.892. The highest BCUT2D eigenvalue weighted by molar-refractivity contribution is 6.10. The normalized spacial score (nSPS) is 13.9. The van der Waals surface area contributed by atoms with Crippen LogP contribution in [0.2, 0.25) is 0 Å². The molecule has 0 aromatic heterocycles. The number of carbonyl (C=O) groups is 2. The molecule has 1 atom stereocenters. The average molecular weight is 387 g/mol. The minimum Gasteiger partial charge on any atom is -0.497 e. The summed E-state index contributed by atoms with van der Waals surface area (Å²) in [5, 5.41) is 9.55. The lowest BCUT2D eigenvalue weighted by atomic mass is 9.91. The van der Waals surface area contributed by atoms with E-state index in [4.69, 9.17) is 4.74 Å². The summed E-state index contributed by atoms with van der Waals surface area (Å²) in [4.78, 5) is 26.2. The molecule has 0 radical (unpaired) electrons. The van der Waals surface area contributed by atoms with E-state index >= 15 is 0 Å². The summed E-state index contributed by atoms with van der Waals surface area (Å²) in [6.07, 6.45) is 0. The van der Waals surface area contributed by atoms with E-state index in [2.05, 4.69) is 0 Å². The van der Waals surface area contributed by atoms with Crippen LogP contribution in [0.5, 0.6) is 5.75 Å². The zero-order chi connectivity index (χ0) is 20.5. The number of carboxylic acids is 1. The number of aliphatic carboxylic acids is 1. The fourth-order valence-electron chi connectivity index (χ4n) is 3.71. The number of benzene rings is 3. The summed E-state index contributed by atoms with van der Waals surface area (Å²) in [6, 6.07) is 20.6. The highest BCUT2D eigenvalue weighted by Gasteiger charge is 2.29. The molecule has 5 nitrogen and oxygen atoms in total. The second-order valence-corrected chi connectivity index (χ2v) is 7.11. The van der Waals surface area contributed by atoms with E-state index in [1.54, 1.807) is 18.9 Å². The molecule has 4 rings (SSSR count). The van der Waals surface area contributed by atoms with E-state index < -0.39 is 11.9 Å². The molecule has 3 aromatic rings. The van der Waals surface area contributed by atoms with Crippen molar-refractivity contribution in [3.63, 3.8) is 0 Å². The summed E-state index contributed by atoms with van der Waals surface area (Å²) in [6.45, 7) is 2.17. The maximum atomic E-state index is 12.9. The van der Waals surface area contributed by atoms with Gasteiger partial charge < -0.3 is 14.7 Å². The van der Waals surface area contributed by atoms with Gasteiger partial charge in [0.15, 0.2) is 0 Å². The largest absolute Gasteiger partial charge is 0.497 e. The van der Waals surface area contributed by atoms with Gasteiger partial charge in [0.05, 0.1) is 19.6 Å². The number of anilines is 1. The second kappa shape index (κ2) is 7.43. The number of hydrogen-bond donors (Lipinski definition) is 1. The second-order valence-electron chi connectivity index (χ2n) is 7.11. The van der Waals surface area contributed by atoms with Gasteiger partial charge in [-0.3, -0.25) is 9.59 Å². The average Bonchev–Trinajstić information content (AvgIpc) is 3.09. The van der Waals surface area contributed by atoms with E-state index in [0.29, 0.717) is 17.7 Å². The zero-order valence-corrected chi connectivity index (χ0v) is 16.3. The maximum Gasteiger partial charge on any atom is 0.310 e. The molecule has 29 heavy (non-hydrogen) atoms. The number of amides is 1. The Morgan fingerprint density at radius 1 is 1.03 bits per heavy atom. The third-order valence-electron chi connectivity index (χ3n) is 5.41. The molecular formula is C24H21NO4. The number of fused-ring (bicyclic) bond motifs is 1. The number of carbonyl (C=O) groups excluding carboxylic acids is 1. The molecule has 1 N–H and O–H groups in total. The van der Waals surface area contributed by atoms with Crippen LogP contribution in [0.1, 0.15) is 34.3 Å². The Hall–Kier alpha value is -3.60. The first kappa shape index (κ1) is 18.7. The minimum absolute atomic E-state index is 0.0414. The molecule has 0 saturated carbocycles. The van der Waals surface area contributed by atoms with Gasteiger partial charge in [-0.15, -0.1) is 0 Å². The van der Waals surface area contributed by atoms with Gasteiger partial charge in [0.1, 0.15) is 5.75 Å². The van der Waals surface area contributed by atoms with Crippen LogP contribution < -0.4 is 9.64 Å². The Balaban J connectivity index is 1.79. The van der Waals surface area contributed by atoms with Gasteiger partial charge in [-0.05, 0) is 59.5 Å². The molecule has 3 aromatic carbocycles. The van der Waals surface area contributed by atoms with Crippen LogP contribution >= 0.6 is 0 Å². The fraction of sp³-hybridized carbons (Fsp3) is 0.167. The molecule has 0 fully saturated rings. The van der Waals surface area contributed by atoms with E-state index in [1.807, 2.05) is 66.7 Å². The molecule has 0 saturated heterocycles. The van der Waals surface area contributed by atoms with Crippen molar-refractivity contribution in [1.82, 2.24) is 0 Å². The first-order chi connectivity index (χ1) is 14.0. The van der Waals surface area contributed by atoms with Crippen LogP contribution in [0.25, 0.3) is 11.1 Å². The van der Waals surface area contributed by atoms with Crippen molar-refractivity contribution in [2.45, 2.75) is 19.4 Å². The summed E-state index contributed by atoms with van der Waals surface area (Å²) in [5.74, 6) is -0.881. The van der Waals surface area contributed by atoms with Gasteiger partial charge in [0, 0.05) is 11.3 Å². The van der Waals surface area contributed by atoms with Crippen molar-refractivity contribution in [2.24, 2.45) is 0 Å². The fourth-order valence-corrected chi connectivity index (χ4v) is 3.71. The molecule has 0 spiro atoms. The summed E-state index contributed by atoms with van der Waals surface area (Å²) in [5.41, 5.74) is 4.82. The van der Waals surface area contributed by atoms with E-state index in [1.165, 1.54) is 0 Å². The monoisotopic (exact) mass is 387 g/mol. The van der Waals surface area contributed by atoms with Gasteiger partial charge in [-0.2, -0.15) is 0 Å². The molecule has 1 aliphatic rings. The number of nitrogens with zero attached hydrogens (tertiary/aromatic N) is 1.